The summed E-state index contributed by atoms with van der Waals surface area (Å²) in [4.78, 5) is 0. The van der Waals surface area contributed by atoms with E-state index in [1.807, 2.05) is 11.3 Å². The molecule has 0 aliphatic heterocycles. The van der Waals surface area contributed by atoms with E-state index in [4.69, 9.17) is 5.73 Å². The number of nitrogens with one attached hydrogen (secondary N) is 1. The Bertz CT molecular complexity index is 464. The average molecular weight is 248 g/mol. The van der Waals surface area contributed by atoms with E-state index in [2.05, 4.69) is 41.9 Å². The van der Waals surface area contributed by atoms with Crippen LogP contribution in [0.25, 0.3) is 10.1 Å². The van der Waals surface area contributed by atoms with Gasteiger partial charge in [0.05, 0.1) is 0 Å². The van der Waals surface area contributed by atoms with Crippen molar-refractivity contribution in [2.24, 2.45) is 11.7 Å². The topological polar surface area (TPSA) is 38.0 Å². The molecular weight excluding hydrogens is 228 g/mol. The summed E-state index contributed by atoms with van der Waals surface area (Å²) in [6.45, 7) is 4.98. The highest BCUT2D eigenvalue weighted by Gasteiger charge is 2.03. The van der Waals surface area contributed by atoms with Crippen molar-refractivity contribution in [2.75, 3.05) is 13.1 Å². The number of benzene rings is 1. The van der Waals surface area contributed by atoms with Crippen molar-refractivity contribution in [1.29, 1.82) is 0 Å². The lowest BCUT2D eigenvalue weighted by atomic mass is 10.1. The van der Waals surface area contributed by atoms with Gasteiger partial charge < -0.3 is 11.1 Å². The molecule has 0 fully saturated rings. The number of rotatable bonds is 6. The van der Waals surface area contributed by atoms with Gasteiger partial charge in [-0.2, -0.15) is 0 Å². The third-order valence-corrected chi connectivity index (χ3v) is 4.11. The molecule has 0 saturated heterocycles. The monoisotopic (exact) mass is 248 g/mol. The number of hydrogen-bond donors (Lipinski definition) is 2. The van der Waals surface area contributed by atoms with E-state index in [0.717, 1.165) is 26.1 Å². The molecule has 0 aliphatic carbocycles. The Morgan fingerprint density at radius 1 is 1.35 bits per heavy atom. The molecule has 1 atom stereocenters. The van der Waals surface area contributed by atoms with E-state index in [-0.39, 0.29) is 0 Å². The fraction of sp³-hybridized carbons (Fsp3) is 0.429. The lowest BCUT2D eigenvalue weighted by Gasteiger charge is -2.08. The minimum atomic E-state index is 0.613. The molecule has 1 unspecified atom stereocenters. The molecule has 92 valence electrons. The highest BCUT2D eigenvalue weighted by molar-refractivity contribution is 7.17. The third kappa shape index (κ3) is 3.28. The fourth-order valence-corrected chi connectivity index (χ4v) is 2.82. The zero-order valence-corrected chi connectivity index (χ0v) is 11.1. The summed E-state index contributed by atoms with van der Waals surface area (Å²) in [6.07, 6.45) is 1.15. The largest absolute Gasteiger partial charge is 0.330 e. The Labute approximate surface area is 107 Å². The van der Waals surface area contributed by atoms with Crippen LogP contribution in [0.5, 0.6) is 0 Å². The predicted octanol–water partition coefficient (Wildman–Crippen LogP) is 2.98. The standard InChI is InChI=1S/C14H20N2S/c1-11(8-15)6-7-16-9-12-10-17-14-5-3-2-4-13(12)14/h2-5,10-11,16H,6-9,15H2,1H3. The quantitative estimate of drug-likeness (QED) is 0.771. The van der Waals surface area contributed by atoms with Crippen molar-refractivity contribution in [2.45, 2.75) is 19.9 Å². The van der Waals surface area contributed by atoms with Gasteiger partial charge in [0.2, 0.25) is 0 Å². The summed E-state index contributed by atoms with van der Waals surface area (Å²) in [6, 6.07) is 8.58. The SMILES string of the molecule is CC(CN)CCNCc1csc2ccccc12. The van der Waals surface area contributed by atoms with Crippen molar-refractivity contribution in [1.82, 2.24) is 5.32 Å². The minimum Gasteiger partial charge on any atom is -0.330 e. The molecule has 0 aliphatic rings. The molecule has 2 nitrogen and oxygen atoms in total. The van der Waals surface area contributed by atoms with Gasteiger partial charge in [-0.1, -0.05) is 25.1 Å². The van der Waals surface area contributed by atoms with Crippen LogP contribution in [0.4, 0.5) is 0 Å². The summed E-state index contributed by atoms with van der Waals surface area (Å²) in [5.74, 6) is 0.613. The number of fused-ring (bicyclic) bond motifs is 1. The van der Waals surface area contributed by atoms with Crippen LogP contribution in [0.15, 0.2) is 29.6 Å². The molecule has 0 bridgehead atoms. The summed E-state index contributed by atoms with van der Waals surface area (Å²) in [5.41, 5.74) is 7.01. The second kappa shape index (κ2) is 6.15. The molecule has 2 rings (SSSR count). The maximum absolute atomic E-state index is 5.60. The van der Waals surface area contributed by atoms with Crippen molar-refractivity contribution in [3.63, 3.8) is 0 Å². The van der Waals surface area contributed by atoms with Crippen molar-refractivity contribution in [3.8, 4) is 0 Å². The average Bonchev–Trinajstić information content (AvgIpc) is 2.78. The van der Waals surface area contributed by atoms with Gasteiger partial charge in [-0.3, -0.25) is 0 Å². The minimum absolute atomic E-state index is 0.613. The zero-order chi connectivity index (χ0) is 12.1. The molecule has 17 heavy (non-hydrogen) atoms. The van der Waals surface area contributed by atoms with Crippen molar-refractivity contribution in [3.05, 3.63) is 35.2 Å². The Kier molecular flexibility index (Phi) is 4.54. The van der Waals surface area contributed by atoms with Crippen LogP contribution in [0.3, 0.4) is 0 Å². The first kappa shape index (κ1) is 12.6. The third-order valence-electron chi connectivity index (χ3n) is 3.09. The van der Waals surface area contributed by atoms with Crippen molar-refractivity contribution < 1.29 is 0 Å². The molecule has 1 heterocycles. The molecule has 0 saturated carbocycles. The van der Waals surface area contributed by atoms with Gasteiger partial charge in [0.15, 0.2) is 0 Å². The first-order valence-electron chi connectivity index (χ1n) is 6.17. The first-order valence-corrected chi connectivity index (χ1v) is 7.05. The van der Waals surface area contributed by atoms with Gasteiger partial charge in [0.1, 0.15) is 0 Å². The maximum Gasteiger partial charge on any atom is 0.0346 e. The van der Waals surface area contributed by atoms with E-state index in [1.54, 1.807) is 0 Å². The van der Waals surface area contributed by atoms with Gasteiger partial charge in [0, 0.05) is 11.2 Å². The Morgan fingerprint density at radius 2 is 2.18 bits per heavy atom. The van der Waals surface area contributed by atoms with E-state index in [0.29, 0.717) is 5.92 Å². The van der Waals surface area contributed by atoms with Crippen LogP contribution in [0.2, 0.25) is 0 Å². The molecule has 0 radical (unpaired) electrons. The molecule has 2 aromatic rings. The molecule has 1 aromatic heterocycles. The van der Waals surface area contributed by atoms with Crippen LogP contribution >= 0.6 is 11.3 Å². The van der Waals surface area contributed by atoms with E-state index < -0.39 is 0 Å². The lowest BCUT2D eigenvalue weighted by Crippen LogP contribution is -2.20. The summed E-state index contributed by atoms with van der Waals surface area (Å²) in [5, 5.41) is 7.14. The second-order valence-corrected chi connectivity index (χ2v) is 5.47. The maximum atomic E-state index is 5.60. The number of hydrogen-bond acceptors (Lipinski definition) is 3. The fourth-order valence-electron chi connectivity index (χ4n) is 1.86. The molecule has 1 aromatic carbocycles. The summed E-state index contributed by atoms with van der Waals surface area (Å²) in [7, 11) is 0. The van der Waals surface area contributed by atoms with Crippen LogP contribution in [0, 0.1) is 5.92 Å². The zero-order valence-electron chi connectivity index (χ0n) is 10.3. The summed E-state index contributed by atoms with van der Waals surface area (Å²) >= 11 is 1.82. The Hall–Kier alpha value is -0.900. The molecule has 3 heteroatoms. The van der Waals surface area contributed by atoms with Crippen LogP contribution < -0.4 is 11.1 Å². The first-order chi connectivity index (χ1) is 8.31. The molecule has 0 amide bonds. The smallest absolute Gasteiger partial charge is 0.0346 e. The second-order valence-electron chi connectivity index (χ2n) is 4.56. The van der Waals surface area contributed by atoms with Crippen LogP contribution in [-0.4, -0.2) is 13.1 Å². The lowest BCUT2D eigenvalue weighted by molar-refractivity contribution is 0.510. The van der Waals surface area contributed by atoms with Crippen LogP contribution in [0.1, 0.15) is 18.9 Å². The highest BCUT2D eigenvalue weighted by Crippen LogP contribution is 2.25. The van der Waals surface area contributed by atoms with Gasteiger partial charge in [-0.25, -0.2) is 0 Å². The van der Waals surface area contributed by atoms with E-state index >= 15 is 0 Å². The van der Waals surface area contributed by atoms with Gasteiger partial charge in [0.25, 0.3) is 0 Å². The Morgan fingerprint density at radius 3 is 3.00 bits per heavy atom. The van der Waals surface area contributed by atoms with Crippen LogP contribution in [-0.2, 0) is 6.54 Å². The predicted molar refractivity (Wildman–Crippen MR) is 76.4 cm³/mol. The van der Waals surface area contributed by atoms with Gasteiger partial charge in [-0.05, 0) is 47.8 Å². The van der Waals surface area contributed by atoms with E-state index in [1.165, 1.54) is 15.6 Å². The van der Waals surface area contributed by atoms with Crippen molar-refractivity contribution >= 4 is 21.4 Å². The number of thiophene rings is 1. The van der Waals surface area contributed by atoms with Gasteiger partial charge in [-0.15, -0.1) is 11.3 Å². The number of nitrogens with two attached hydrogens (primary N) is 1. The highest BCUT2D eigenvalue weighted by atomic mass is 32.1. The molecule has 0 spiro atoms. The Balaban J connectivity index is 1.87. The molecule has 3 N–H and O–H groups in total. The van der Waals surface area contributed by atoms with Gasteiger partial charge >= 0.3 is 0 Å². The molecular formula is C14H20N2S. The summed E-state index contributed by atoms with van der Waals surface area (Å²) < 4.78 is 1.37. The van der Waals surface area contributed by atoms with E-state index in [9.17, 15) is 0 Å². The normalized spacial score (nSPS) is 13.1.